The predicted molar refractivity (Wildman–Crippen MR) is 107 cm³/mol. The van der Waals surface area contributed by atoms with Gasteiger partial charge < -0.3 is 11.1 Å². The topological polar surface area (TPSA) is 72.2 Å². The second-order valence-corrected chi connectivity index (χ2v) is 7.24. The van der Waals surface area contributed by atoms with E-state index in [-0.39, 0.29) is 17.6 Å². The first-order valence-corrected chi connectivity index (χ1v) is 10.6. The first-order valence-electron chi connectivity index (χ1n) is 10.6. The van der Waals surface area contributed by atoms with Gasteiger partial charge in [-0.25, -0.2) is 0 Å². The Morgan fingerprint density at radius 3 is 2.16 bits per heavy atom. The van der Waals surface area contributed by atoms with Crippen molar-refractivity contribution in [2.45, 2.75) is 104 Å². The Morgan fingerprint density at radius 2 is 1.48 bits per heavy atom. The standard InChI is InChI=1S/C21H42N2O2/c1-3-5-7-8-11-15-20(24)18-19(14-10-6-4-2)21(25)23-17-13-9-12-16-22/h19H,3-18,22H2,1-2H3,(H,23,25). The van der Waals surface area contributed by atoms with Crippen molar-refractivity contribution in [1.82, 2.24) is 5.32 Å². The molecule has 4 heteroatoms. The highest BCUT2D eigenvalue weighted by Crippen LogP contribution is 2.17. The molecule has 0 bridgehead atoms. The molecule has 0 aromatic rings. The number of nitrogens with one attached hydrogen (secondary N) is 1. The van der Waals surface area contributed by atoms with Crippen LogP contribution in [0.1, 0.15) is 104 Å². The van der Waals surface area contributed by atoms with E-state index in [0.717, 1.165) is 57.8 Å². The van der Waals surface area contributed by atoms with Gasteiger partial charge in [0.05, 0.1) is 0 Å². The maximum atomic E-state index is 12.4. The molecule has 0 fully saturated rings. The summed E-state index contributed by atoms with van der Waals surface area (Å²) in [6.07, 6.45) is 14.0. The van der Waals surface area contributed by atoms with E-state index in [4.69, 9.17) is 5.73 Å². The highest BCUT2D eigenvalue weighted by molar-refractivity contribution is 5.86. The van der Waals surface area contributed by atoms with Crippen molar-refractivity contribution in [1.29, 1.82) is 0 Å². The number of unbranched alkanes of at least 4 members (excludes halogenated alkanes) is 8. The van der Waals surface area contributed by atoms with Crippen LogP contribution in [0.5, 0.6) is 0 Å². The molecule has 0 spiro atoms. The number of ketones is 1. The van der Waals surface area contributed by atoms with Crippen LogP contribution in [0.3, 0.4) is 0 Å². The number of carbonyl (C=O) groups is 2. The molecule has 0 rings (SSSR count). The summed E-state index contributed by atoms with van der Waals surface area (Å²) in [5.41, 5.74) is 5.48. The molecule has 148 valence electrons. The molecule has 0 heterocycles. The van der Waals surface area contributed by atoms with Gasteiger partial charge in [-0.1, -0.05) is 65.2 Å². The molecule has 1 amide bonds. The molecular weight excluding hydrogens is 312 g/mol. The Kier molecular flexibility index (Phi) is 17.3. The highest BCUT2D eigenvalue weighted by Gasteiger charge is 2.20. The summed E-state index contributed by atoms with van der Waals surface area (Å²) >= 11 is 0. The molecule has 1 unspecified atom stereocenters. The van der Waals surface area contributed by atoms with E-state index >= 15 is 0 Å². The molecule has 0 saturated carbocycles. The van der Waals surface area contributed by atoms with Crippen LogP contribution < -0.4 is 11.1 Å². The number of carbonyl (C=O) groups excluding carboxylic acids is 2. The SMILES string of the molecule is CCCCCCCC(=O)CC(CCCCC)C(=O)NCCCCCN. The smallest absolute Gasteiger partial charge is 0.223 e. The van der Waals surface area contributed by atoms with Gasteiger partial charge in [-0.2, -0.15) is 0 Å². The number of nitrogens with two attached hydrogens (primary N) is 1. The quantitative estimate of drug-likeness (QED) is 0.349. The molecule has 0 radical (unpaired) electrons. The lowest BCUT2D eigenvalue weighted by Crippen LogP contribution is -2.33. The zero-order chi connectivity index (χ0) is 18.8. The van der Waals surface area contributed by atoms with Gasteiger partial charge in [0.15, 0.2) is 0 Å². The van der Waals surface area contributed by atoms with Gasteiger partial charge in [-0.15, -0.1) is 0 Å². The van der Waals surface area contributed by atoms with Gasteiger partial charge in [0.1, 0.15) is 5.78 Å². The fourth-order valence-corrected chi connectivity index (χ4v) is 3.07. The minimum Gasteiger partial charge on any atom is -0.356 e. The molecule has 0 aliphatic heterocycles. The summed E-state index contributed by atoms with van der Waals surface area (Å²) in [7, 11) is 0. The number of hydrogen-bond donors (Lipinski definition) is 2. The van der Waals surface area contributed by atoms with Crippen molar-refractivity contribution in [3.8, 4) is 0 Å². The van der Waals surface area contributed by atoms with Gasteiger partial charge in [0.2, 0.25) is 5.91 Å². The zero-order valence-corrected chi connectivity index (χ0v) is 16.8. The Morgan fingerprint density at radius 1 is 0.840 bits per heavy atom. The van der Waals surface area contributed by atoms with E-state index in [1.807, 2.05) is 0 Å². The predicted octanol–water partition coefficient (Wildman–Crippen LogP) is 4.75. The average Bonchev–Trinajstić information content (AvgIpc) is 2.60. The fourth-order valence-electron chi connectivity index (χ4n) is 3.07. The largest absolute Gasteiger partial charge is 0.356 e. The first-order chi connectivity index (χ1) is 12.2. The van der Waals surface area contributed by atoms with Crippen LogP contribution >= 0.6 is 0 Å². The van der Waals surface area contributed by atoms with Crippen LogP contribution in [0.15, 0.2) is 0 Å². The van der Waals surface area contributed by atoms with E-state index in [0.29, 0.717) is 25.9 Å². The second-order valence-electron chi connectivity index (χ2n) is 7.24. The van der Waals surface area contributed by atoms with Crippen molar-refractivity contribution >= 4 is 11.7 Å². The average molecular weight is 355 g/mol. The summed E-state index contributed by atoms with van der Waals surface area (Å²) in [6, 6.07) is 0. The lowest BCUT2D eigenvalue weighted by atomic mass is 9.93. The minimum atomic E-state index is -0.135. The van der Waals surface area contributed by atoms with Gasteiger partial charge in [0.25, 0.3) is 0 Å². The lowest BCUT2D eigenvalue weighted by molar-refractivity contribution is -0.129. The van der Waals surface area contributed by atoms with Gasteiger partial charge in [0, 0.05) is 25.3 Å². The Labute approximate surface area is 155 Å². The van der Waals surface area contributed by atoms with Crippen LogP contribution in [0.4, 0.5) is 0 Å². The van der Waals surface area contributed by atoms with E-state index < -0.39 is 0 Å². The number of rotatable bonds is 18. The summed E-state index contributed by atoms with van der Waals surface area (Å²) < 4.78 is 0. The van der Waals surface area contributed by atoms with Crippen LogP contribution in [-0.4, -0.2) is 24.8 Å². The minimum absolute atomic E-state index is 0.0724. The molecule has 3 N–H and O–H groups in total. The third-order valence-corrected chi connectivity index (χ3v) is 4.74. The van der Waals surface area contributed by atoms with Crippen LogP contribution in [0.25, 0.3) is 0 Å². The Hall–Kier alpha value is -0.900. The van der Waals surface area contributed by atoms with E-state index in [1.165, 1.54) is 19.3 Å². The van der Waals surface area contributed by atoms with Crippen molar-refractivity contribution in [3.05, 3.63) is 0 Å². The summed E-state index contributed by atoms with van der Waals surface area (Å²) in [6.45, 7) is 5.77. The van der Waals surface area contributed by atoms with Gasteiger partial charge in [-0.3, -0.25) is 9.59 Å². The summed E-state index contributed by atoms with van der Waals surface area (Å²) in [4.78, 5) is 24.7. The van der Waals surface area contributed by atoms with E-state index in [1.54, 1.807) is 0 Å². The third-order valence-electron chi connectivity index (χ3n) is 4.74. The van der Waals surface area contributed by atoms with Crippen LogP contribution in [-0.2, 0) is 9.59 Å². The molecule has 4 nitrogen and oxygen atoms in total. The fraction of sp³-hybridized carbons (Fsp3) is 0.905. The maximum absolute atomic E-state index is 12.4. The van der Waals surface area contributed by atoms with Gasteiger partial charge >= 0.3 is 0 Å². The molecule has 1 atom stereocenters. The van der Waals surface area contributed by atoms with E-state index in [9.17, 15) is 9.59 Å². The molecule has 0 aliphatic carbocycles. The van der Waals surface area contributed by atoms with Crippen molar-refractivity contribution in [3.63, 3.8) is 0 Å². The molecule has 25 heavy (non-hydrogen) atoms. The molecule has 0 aliphatic rings. The molecule has 0 aromatic carbocycles. The first kappa shape index (κ1) is 24.1. The third kappa shape index (κ3) is 15.1. The monoisotopic (exact) mass is 354 g/mol. The van der Waals surface area contributed by atoms with Crippen molar-refractivity contribution in [2.24, 2.45) is 11.7 Å². The molecule has 0 saturated heterocycles. The lowest BCUT2D eigenvalue weighted by Gasteiger charge is -2.16. The second kappa shape index (κ2) is 17.9. The van der Waals surface area contributed by atoms with Crippen molar-refractivity contribution in [2.75, 3.05) is 13.1 Å². The van der Waals surface area contributed by atoms with E-state index in [2.05, 4.69) is 19.2 Å². The Bertz CT molecular complexity index is 332. The van der Waals surface area contributed by atoms with Gasteiger partial charge in [-0.05, 0) is 32.2 Å². The normalized spacial score (nSPS) is 12.1. The Balaban J connectivity index is 4.16. The number of hydrogen-bond acceptors (Lipinski definition) is 3. The van der Waals surface area contributed by atoms with Crippen LogP contribution in [0.2, 0.25) is 0 Å². The zero-order valence-electron chi connectivity index (χ0n) is 16.8. The number of amides is 1. The molecule has 0 aromatic heterocycles. The number of Topliss-reactive ketones (excluding diaryl/α,β-unsaturated/α-hetero) is 1. The summed E-state index contributed by atoms with van der Waals surface area (Å²) in [5, 5.41) is 3.03. The van der Waals surface area contributed by atoms with Crippen LogP contribution in [0, 0.1) is 5.92 Å². The summed E-state index contributed by atoms with van der Waals surface area (Å²) in [5.74, 6) is 0.198. The highest BCUT2D eigenvalue weighted by atomic mass is 16.2. The molecular formula is C21H42N2O2. The maximum Gasteiger partial charge on any atom is 0.223 e. The van der Waals surface area contributed by atoms with Crippen molar-refractivity contribution < 1.29 is 9.59 Å².